The van der Waals surface area contributed by atoms with E-state index in [4.69, 9.17) is 5.26 Å². The highest BCUT2D eigenvalue weighted by molar-refractivity contribution is 5.90. The van der Waals surface area contributed by atoms with E-state index < -0.39 is 11.8 Å². The molecule has 0 saturated heterocycles. The molecule has 94 valence electrons. The van der Waals surface area contributed by atoms with Gasteiger partial charge in [-0.15, -0.1) is 13.2 Å². The summed E-state index contributed by atoms with van der Waals surface area (Å²) in [5.74, 6) is -0.451. The second kappa shape index (κ2) is 4.02. The standard InChI is InChI=1S/C12H8F3NO2/c13-12(14,15)18-10-3-1-2-8(4-10)11(7-16)5-9(17)6-11/h1-4H,5-6H2. The van der Waals surface area contributed by atoms with Gasteiger partial charge in [0.1, 0.15) is 11.5 Å². The maximum atomic E-state index is 12.1. The van der Waals surface area contributed by atoms with Crippen LogP contribution in [0.2, 0.25) is 0 Å². The molecule has 1 aromatic carbocycles. The van der Waals surface area contributed by atoms with Gasteiger partial charge in [-0.25, -0.2) is 0 Å². The van der Waals surface area contributed by atoms with Crippen LogP contribution in [-0.4, -0.2) is 12.1 Å². The number of nitrogens with zero attached hydrogens (tertiary/aromatic N) is 1. The van der Waals surface area contributed by atoms with Crippen LogP contribution >= 0.6 is 0 Å². The molecule has 1 saturated carbocycles. The SMILES string of the molecule is N#CC1(c2cccc(OC(F)(F)F)c2)CC(=O)C1. The molecule has 0 amide bonds. The van der Waals surface area contributed by atoms with Gasteiger partial charge in [-0.2, -0.15) is 5.26 Å². The third-order valence-corrected chi connectivity index (χ3v) is 2.83. The van der Waals surface area contributed by atoms with Crippen LogP contribution < -0.4 is 4.74 Å². The molecule has 18 heavy (non-hydrogen) atoms. The van der Waals surface area contributed by atoms with Crippen LogP contribution in [0.15, 0.2) is 24.3 Å². The number of carbonyl (C=O) groups excluding carboxylic acids is 1. The van der Waals surface area contributed by atoms with E-state index >= 15 is 0 Å². The van der Waals surface area contributed by atoms with Crippen molar-refractivity contribution in [2.45, 2.75) is 24.6 Å². The molecule has 0 atom stereocenters. The summed E-state index contributed by atoms with van der Waals surface area (Å²) >= 11 is 0. The summed E-state index contributed by atoms with van der Waals surface area (Å²) in [6.07, 6.45) is -4.69. The first-order chi connectivity index (χ1) is 8.35. The van der Waals surface area contributed by atoms with E-state index in [2.05, 4.69) is 4.74 Å². The lowest BCUT2D eigenvalue weighted by molar-refractivity contribution is -0.274. The predicted octanol–water partition coefficient (Wildman–Crippen LogP) is 2.71. The Kier molecular flexibility index (Phi) is 2.77. The van der Waals surface area contributed by atoms with Crippen molar-refractivity contribution < 1.29 is 22.7 Å². The Bertz CT molecular complexity index is 523. The van der Waals surface area contributed by atoms with Gasteiger partial charge in [-0.1, -0.05) is 12.1 Å². The minimum absolute atomic E-state index is 0.0406. The molecular weight excluding hydrogens is 247 g/mol. The summed E-state index contributed by atoms with van der Waals surface area (Å²) in [7, 11) is 0. The Morgan fingerprint density at radius 1 is 1.33 bits per heavy atom. The van der Waals surface area contributed by atoms with Crippen molar-refractivity contribution in [2.75, 3.05) is 0 Å². The normalized spacial score (nSPS) is 17.8. The fraction of sp³-hybridized carbons (Fsp3) is 0.333. The van der Waals surface area contributed by atoms with Crippen LogP contribution in [0.3, 0.4) is 0 Å². The number of alkyl halides is 3. The van der Waals surface area contributed by atoms with Gasteiger partial charge >= 0.3 is 6.36 Å². The highest BCUT2D eigenvalue weighted by Gasteiger charge is 2.45. The quantitative estimate of drug-likeness (QED) is 0.816. The number of hydrogen-bond acceptors (Lipinski definition) is 3. The molecule has 1 fully saturated rings. The Morgan fingerprint density at radius 3 is 2.50 bits per heavy atom. The van der Waals surface area contributed by atoms with E-state index in [9.17, 15) is 18.0 Å². The summed E-state index contributed by atoms with van der Waals surface area (Å²) < 4.78 is 40.0. The van der Waals surface area contributed by atoms with Crippen LogP contribution in [0.25, 0.3) is 0 Å². The lowest BCUT2D eigenvalue weighted by Gasteiger charge is -2.34. The first-order valence-electron chi connectivity index (χ1n) is 5.14. The van der Waals surface area contributed by atoms with Gasteiger partial charge in [-0.3, -0.25) is 4.79 Å². The van der Waals surface area contributed by atoms with Gasteiger partial charge in [0.15, 0.2) is 0 Å². The molecule has 1 aromatic rings. The summed E-state index contributed by atoms with van der Waals surface area (Å²) in [6, 6.07) is 7.21. The van der Waals surface area contributed by atoms with Crippen LogP contribution in [0.4, 0.5) is 13.2 Å². The highest BCUT2D eigenvalue weighted by Crippen LogP contribution is 2.41. The van der Waals surface area contributed by atoms with Crippen LogP contribution in [0.1, 0.15) is 18.4 Å². The molecule has 0 aliphatic heterocycles. The van der Waals surface area contributed by atoms with Crippen molar-refractivity contribution in [2.24, 2.45) is 0 Å². The molecule has 0 unspecified atom stereocenters. The first kappa shape index (κ1) is 12.4. The van der Waals surface area contributed by atoms with E-state index in [1.807, 2.05) is 6.07 Å². The number of nitriles is 1. The zero-order chi connectivity index (χ0) is 13.4. The number of carbonyl (C=O) groups is 1. The zero-order valence-corrected chi connectivity index (χ0v) is 9.12. The molecule has 0 bridgehead atoms. The maximum Gasteiger partial charge on any atom is 0.573 e. The molecule has 0 spiro atoms. The fourth-order valence-corrected chi connectivity index (χ4v) is 1.96. The molecule has 0 radical (unpaired) electrons. The molecular formula is C12H8F3NO2. The zero-order valence-electron chi connectivity index (χ0n) is 9.12. The van der Waals surface area contributed by atoms with Gasteiger partial charge in [0, 0.05) is 12.8 Å². The topological polar surface area (TPSA) is 50.1 Å². The second-order valence-corrected chi connectivity index (χ2v) is 4.16. The van der Waals surface area contributed by atoms with E-state index in [0.29, 0.717) is 5.56 Å². The van der Waals surface area contributed by atoms with Crippen molar-refractivity contribution in [3.05, 3.63) is 29.8 Å². The van der Waals surface area contributed by atoms with Crippen LogP contribution in [0.5, 0.6) is 5.75 Å². The van der Waals surface area contributed by atoms with Crippen molar-refractivity contribution >= 4 is 5.78 Å². The number of Topliss-reactive ketones (excluding diaryl/α,β-unsaturated/α-hetero) is 1. The number of hydrogen-bond donors (Lipinski definition) is 0. The lowest BCUT2D eigenvalue weighted by Crippen LogP contribution is -2.40. The van der Waals surface area contributed by atoms with Gasteiger partial charge in [-0.05, 0) is 17.7 Å². The Labute approximate surface area is 101 Å². The molecule has 2 rings (SSSR count). The third-order valence-electron chi connectivity index (χ3n) is 2.83. The maximum absolute atomic E-state index is 12.1. The second-order valence-electron chi connectivity index (χ2n) is 4.16. The molecule has 0 aromatic heterocycles. The molecule has 0 heterocycles. The van der Waals surface area contributed by atoms with Crippen molar-refractivity contribution in [1.29, 1.82) is 5.26 Å². The number of ketones is 1. The van der Waals surface area contributed by atoms with Crippen LogP contribution in [0, 0.1) is 11.3 Å². The van der Waals surface area contributed by atoms with Crippen molar-refractivity contribution in [1.82, 2.24) is 0 Å². The largest absolute Gasteiger partial charge is 0.573 e. The van der Waals surface area contributed by atoms with Crippen molar-refractivity contribution in [3.63, 3.8) is 0 Å². The summed E-state index contributed by atoms with van der Waals surface area (Å²) in [6.45, 7) is 0. The minimum atomic E-state index is -4.77. The highest BCUT2D eigenvalue weighted by atomic mass is 19.4. The third kappa shape index (κ3) is 2.30. The monoisotopic (exact) mass is 255 g/mol. The Morgan fingerprint density at radius 2 is 2.00 bits per heavy atom. The number of benzene rings is 1. The van der Waals surface area contributed by atoms with E-state index in [1.165, 1.54) is 12.1 Å². The Balaban J connectivity index is 2.28. The van der Waals surface area contributed by atoms with E-state index in [-0.39, 0.29) is 24.4 Å². The fourth-order valence-electron chi connectivity index (χ4n) is 1.96. The van der Waals surface area contributed by atoms with Crippen molar-refractivity contribution in [3.8, 4) is 11.8 Å². The van der Waals surface area contributed by atoms with Crippen LogP contribution in [-0.2, 0) is 10.2 Å². The summed E-state index contributed by atoms with van der Waals surface area (Å²) in [4.78, 5) is 11.0. The molecule has 1 aliphatic carbocycles. The lowest BCUT2D eigenvalue weighted by atomic mass is 9.65. The van der Waals surface area contributed by atoms with Gasteiger partial charge < -0.3 is 4.74 Å². The molecule has 3 nitrogen and oxygen atoms in total. The molecule has 6 heteroatoms. The van der Waals surface area contributed by atoms with Gasteiger partial charge in [0.05, 0.1) is 11.5 Å². The van der Waals surface area contributed by atoms with E-state index in [0.717, 1.165) is 12.1 Å². The Hall–Kier alpha value is -2.03. The average molecular weight is 255 g/mol. The predicted molar refractivity (Wildman–Crippen MR) is 54.7 cm³/mol. The number of ether oxygens (including phenoxy) is 1. The summed E-state index contributed by atoms with van der Waals surface area (Å²) in [5, 5.41) is 9.07. The number of rotatable bonds is 2. The summed E-state index contributed by atoms with van der Waals surface area (Å²) in [5.41, 5.74) is -0.617. The smallest absolute Gasteiger partial charge is 0.406 e. The minimum Gasteiger partial charge on any atom is -0.406 e. The van der Waals surface area contributed by atoms with Gasteiger partial charge in [0.2, 0.25) is 0 Å². The van der Waals surface area contributed by atoms with E-state index in [1.54, 1.807) is 0 Å². The van der Waals surface area contributed by atoms with Gasteiger partial charge in [0.25, 0.3) is 0 Å². The molecule has 0 N–H and O–H groups in total. The first-order valence-corrected chi connectivity index (χ1v) is 5.14. The average Bonchev–Trinajstić information content (AvgIpc) is 2.22. The molecule has 1 aliphatic rings. The number of halogens is 3.